The van der Waals surface area contributed by atoms with E-state index in [0.717, 1.165) is 6.07 Å². The summed E-state index contributed by atoms with van der Waals surface area (Å²) in [5, 5.41) is 0. The third-order valence-electron chi connectivity index (χ3n) is 3.14. The molecular formula is C14H9F6NO2S. The topological polar surface area (TPSA) is 46.2 Å². The molecule has 0 spiro atoms. The number of rotatable bonds is 4. The minimum atomic E-state index is -5.07. The van der Waals surface area contributed by atoms with Crippen molar-refractivity contribution in [3.63, 3.8) is 0 Å². The molecule has 0 unspecified atom stereocenters. The Labute approximate surface area is 133 Å². The molecule has 0 fully saturated rings. The van der Waals surface area contributed by atoms with E-state index in [1.807, 2.05) is 0 Å². The molecule has 2 aromatic carbocycles. The molecule has 0 atom stereocenters. The zero-order valence-electron chi connectivity index (χ0n) is 11.9. The Bertz CT molecular complexity index is 885. The zero-order chi connectivity index (χ0) is 18.2. The molecule has 0 heterocycles. The fourth-order valence-corrected chi connectivity index (χ4v) is 2.97. The van der Waals surface area contributed by atoms with Crippen molar-refractivity contribution in [1.82, 2.24) is 4.72 Å². The van der Waals surface area contributed by atoms with Gasteiger partial charge in [0.1, 0.15) is 5.82 Å². The van der Waals surface area contributed by atoms with Crippen LogP contribution in [0.2, 0.25) is 0 Å². The maximum Gasteiger partial charge on any atom is 0.246 e. The van der Waals surface area contributed by atoms with Crippen molar-refractivity contribution in [1.29, 1.82) is 0 Å². The van der Waals surface area contributed by atoms with E-state index < -0.39 is 56.4 Å². The van der Waals surface area contributed by atoms with E-state index in [1.165, 1.54) is 19.1 Å². The highest BCUT2D eigenvalue weighted by Gasteiger charge is 2.33. The lowest BCUT2D eigenvalue weighted by molar-refractivity contribution is 0.357. The van der Waals surface area contributed by atoms with E-state index in [9.17, 15) is 34.8 Å². The average molecular weight is 369 g/mol. The predicted molar refractivity (Wildman–Crippen MR) is 71.4 cm³/mol. The second-order valence-corrected chi connectivity index (χ2v) is 6.51. The van der Waals surface area contributed by atoms with Crippen molar-refractivity contribution < 1.29 is 34.8 Å². The van der Waals surface area contributed by atoms with Gasteiger partial charge in [0.25, 0.3) is 0 Å². The van der Waals surface area contributed by atoms with Crippen LogP contribution in [0.3, 0.4) is 0 Å². The van der Waals surface area contributed by atoms with Gasteiger partial charge in [0.2, 0.25) is 15.8 Å². The van der Waals surface area contributed by atoms with Crippen molar-refractivity contribution in [2.45, 2.75) is 18.4 Å². The molecule has 24 heavy (non-hydrogen) atoms. The van der Waals surface area contributed by atoms with Crippen LogP contribution in [0.4, 0.5) is 26.3 Å². The lowest BCUT2D eigenvalue weighted by atomic mass is 10.1. The molecule has 0 radical (unpaired) electrons. The van der Waals surface area contributed by atoms with Gasteiger partial charge in [-0.15, -0.1) is 0 Å². The van der Waals surface area contributed by atoms with Gasteiger partial charge in [-0.25, -0.2) is 39.5 Å². The van der Waals surface area contributed by atoms with Gasteiger partial charge in [-0.1, -0.05) is 12.1 Å². The second kappa shape index (κ2) is 6.44. The van der Waals surface area contributed by atoms with Gasteiger partial charge in [0.05, 0.1) is 0 Å². The molecule has 0 bridgehead atoms. The number of halogens is 6. The first kappa shape index (κ1) is 18.3. The van der Waals surface area contributed by atoms with Crippen LogP contribution in [-0.4, -0.2) is 8.42 Å². The molecule has 3 nitrogen and oxygen atoms in total. The van der Waals surface area contributed by atoms with Gasteiger partial charge >= 0.3 is 0 Å². The summed E-state index contributed by atoms with van der Waals surface area (Å²) < 4.78 is 105. The molecule has 2 aromatic rings. The first-order valence-electron chi connectivity index (χ1n) is 6.32. The van der Waals surface area contributed by atoms with E-state index in [4.69, 9.17) is 0 Å². The van der Waals surface area contributed by atoms with Gasteiger partial charge in [0.15, 0.2) is 28.2 Å². The van der Waals surface area contributed by atoms with E-state index in [2.05, 4.69) is 0 Å². The Morgan fingerprint density at radius 2 is 1.38 bits per heavy atom. The largest absolute Gasteiger partial charge is 0.246 e. The first-order valence-corrected chi connectivity index (χ1v) is 7.80. The number of hydrogen-bond acceptors (Lipinski definition) is 2. The summed E-state index contributed by atoms with van der Waals surface area (Å²) in [4.78, 5) is -1.99. The smallest absolute Gasteiger partial charge is 0.207 e. The van der Waals surface area contributed by atoms with Crippen LogP contribution < -0.4 is 4.72 Å². The van der Waals surface area contributed by atoms with E-state index in [1.54, 1.807) is 4.72 Å². The molecular weight excluding hydrogens is 360 g/mol. The SMILES string of the molecule is Cc1ccc(CNS(=O)(=O)c2c(F)c(F)c(F)c(F)c2F)cc1F. The summed E-state index contributed by atoms with van der Waals surface area (Å²) >= 11 is 0. The summed E-state index contributed by atoms with van der Waals surface area (Å²) in [7, 11) is -5.07. The van der Waals surface area contributed by atoms with Gasteiger partial charge < -0.3 is 0 Å². The Morgan fingerprint density at radius 1 is 0.875 bits per heavy atom. The molecule has 0 aliphatic heterocycles. The molecule has 1 N–H and O–H groups in total. The predicted octanol–water partition coefficient (Wildman–Crippen LogP) is 3.31. The van der Waals surface area contributed by atoms with E-state index in [-0.39, 0.29) is 11.1 Å². The molecule has 0 amide bonds. The van der Waals surface area contributed by atoms with Crippen LogP contribution in [0.1, 0.15) is 11.1 Å². The molecule has 0 aliphatic carbocycles. The molecule has 0 saturated carbocycles. The monoisotopic (exact) mass is 369 g/mol. The fourth-order valence-electron chi connectivity index (χ4n) is 1.82. The highest BCUT2D eigenvalue weighted by atomic mass is 32.2. The normalized spacial score (nSPS) is 11.8. The number of benzene rings is 2. The van der Waals surface area contributed by atoms with Crippen LogP contribution in [0.15, 0.2) is 23.1 Å². The van der Waals surface area contributed by atoms with Crippen LogP contribution in [0.5, 0.6) is 0 Å². The molecule has 130 valence electrons. The summed E-state index contributed by atoms with van der Waals surface area (Å²) in [5.74, 6) is -12.8. The van der Waals surface area contributed by atoms with Crippen molar-refractivity contribution in [3.05, 3.63) is 64.2 Å². The van der Waals surface area contributed by atoms with Crippen molar-refractivity contribution in [2.75, 3.05) is 0 Å². The van der Waals surface area contributed by atoms with Gasteiger partial charge in [0, 0.05) is 6.54 Å². The van der Waals surface area contributed by atoms with Crippen LogP contribution in [0.25, 0.3) is 0 Å². The quantitative estimate of drug-likeness (QED) is 0.511. The van der Waals surface area contributed by atoms with Crippen molar-refractivity contribution in [2.24, 2.45) is 0 Å². The molecule has 10 heteroatoms. The number of aryl methyl sites for hydroxylation is 1. The van der Waals surface area contributed by atoms with Crippen molar-refractivity contribution in [3.8, 4) is 0 Å². The van der Waals surface area contributed by atoms with Gasteiger partial charge in [-0.05, 0) is 24.1 Å². The molecule has 0 saturated heterocycles. The lowest BCUT2D eigenvalue weighted by Crippen LogP contribution is -2.26. The van der Waals surface area contributed by atoms with Gasteiger partial charge in [-0.3, -0.25) is 0 Å². The van der Waals surface area contributed by atoms with E-state index >= 15 is 0 Å². The summed E-state index contributed by atoms with van der Waals surface area (Å²) in [6.45, 7) is 0.844. The third kappa shape index (κ3) is 3.24. The third-order valence-corrected chi connectivity index (χ3v) is 4.56. The maximum absolute atomic E-state index is 13.5. The number of hydrogen-bond donors (Lipinski definition) is 1. The number of nitrogens with one attached hydrogen (secondary N) is 1. The number of sulfonamides is 1. The van der Waals surface area contributed by atoms with E-state index in [0.29, 0.717) is 0 Å². The van der Waals surface area contributed by atoms with Crippen LogP contribution in [0, 0.1) is 41.8 Å². The maximum atomic E-state index is 13.5. The fraction of sp³-hybridized carbons (Fsp3) is 0.143. The standard InChI is InChI=1S/C14H9F6NO2S/c1-6-2-3-7(4-8(6)15)5-21-24(22,23)14-12(19)10(17)9(16)11(18)13(14)20/h2-4,21H,5H2,1H3. The Balaban J connectivity index is 2.39. The lowest BCUT2D eigenvalue weighted by Gasteiger charge is -2.11. The Kier molecular flexibility index (Phi) is 4.90. The molecule has 0 aromatic heterocycles. The highest BCUT2D eigenvalue weighted by Crippen LogP contribution is 2.26. The summed E-state index contributed by atoms with van der Waals surface area (Å²) in [6, 6.07) is 3.63. The minimum absolute atomic E-state index is 0.0885. The highest BCUT2D eigenvalue weighted by molar-refractivity contribution is 7.89. The second-order valence-electron chi connectivity index (χ2n) is 4.81. The first-order chi connectivity index (χ1) is 11.1. The zero-order valence-corrected chi connectivity index (χ0v) is 12.7. The van der Waals surface area contributed by atoms with Crippen LogP contribution in [-0.2, 0) is 16.6 Å². The summed E-state index contributed by atoms with van der Waals surface area (Å²) in [6.07, 6.45) is 0. The Morgan fingerprint density at radius 3 is 1.88 bits per heavy atom. The average Bonchev–Trinajstić information content (AvgIpc) is 2.52. The van der Waals surface area contributed by atoms with Crippen molar-refractivity contribution >= 4 is 10.0 Å². The molecule has 0 aliphatic rings. The minimum Gasteiger partial charge on any atom is -0.207 e. The molecule has 2 rings (SSSR count). The Hall–Kier alpha value is -2.07. The van der Waals surface area contributed by atoms with Crippen LogP contribution >= 0.6 is 0 Å². The summed E-state index contributed by atoms with van der Waals surface area (Å²) in [5.41, 5.74) is 0.368. The van der Waals surface area contributed by atoms with Gasteiger partial charge in [-0.2, -0.15) is 0 Å².